The van der Waals surface area contributed by atoms with Crippen molar-refractivity contribution < 1.29 is 29.4 Å². The third-order valence-electron chi connectivity index (χ3n) is 5.61. The maximum Gasteiger partial charge on any atom is 0.337 e. The van der Waals surface area contributed by atoms with Crippen molar-refractivity contribution in [2.24, 2.45) is 0 Å². The fourth-order valence-corrected chi connectivity index (χ4v) is 3.78. The molecule has 0 saturated carbocycles. The zero-order valence-corrected chi connectivity index (χ0v) is 19.5. The largest absolute Gasteiger partial charge is 0.478 e. The minimum atomic E-state index is -1.21. The SMILES string of the molecule is O=C(Nc1ccc(Cc2ccc(NC(=O)c3ccccc3)c(C(=O)O)c2)cc1C(=O)O)c1ccccc1. The van der Waals surface area contributed by atoms with E-state index in [1.165, 1.54) is 24.3 Å². The molecule has 37 heavy (non-hydrogen) atoms. The fourth-order valence-electron chi connectivity index (χ4n) is 3.78. The first-order chi connectivity index (χ1) is 17.8. The van der Waals surface area contributed by atoms with E-state index in [0.29, 0.717) is 22.3 Å². The van der Waals surface area contributed by atoms with E-state index < -0.39 is 23.8 Å². The summed E-state index contributed by atoms with van der Waals surface area (Å²) in [6.07, 6.45) is 0.236. The van der Waals surface area contributed by atoms with Crippen molar-refractivity contribution in [3.05, 3.63) is 130 Å². The summed E-state index contributed by atoms with van der Waals surface area (Å²) in [5.74, 6) is -3.30. The molecule has 4 aromatic rings. The number of anilines is 2. The average molecular weight is 495 g/mol. The zero-order valence-electron chi connectivity index (χ0n) is 19.5. The molecule has 0 unspecified atom stereocenters. The van der Waals surface area contributed by atoms with Gasteiger partial charge in [-0.25, -0.2) is 9.59 Å². The van der Waals surface area contributed by atoms with Gasteiger partial charge in [0.05, 0.1) is 22.5 Å². The van der Waals surface area contributed by atoms with E-state index in [9.17, 15) is 29.4 Å². The van der Waals surface area contributed by atoms with Crippen LogP contribution in [0.25, 0.3) is 0 Å². The summed E-state index contributed by atoms with van der Waals surface area (Å²) in [5.41, 5.74) is 2.11. The highest BCUT2D eigenvalue weighted by atomic mass is 16.4. The highest BCUT2D eigenvalue weighted by molar-refractivity contribution is 6.08. The Balaban J connectivity index is 1.55. The summed E-state index contributed by atoms with van der Waals surface area (Å²) < 4.78 is 0. The van der Waals surface area contributed by atoms with Gasteiger partial charge in [0.15, 0.2) is 0 Å². The van der Waals surface area contributed by atoms with Crippen LogP contribution in [0.3, 0.4) is 0 Å². The molecule has 0 spiro atoms. The van der Waals surface area contributed by atoms with Crippen LogP contribution in [0.2, 0.25) is 0 Å². The van der Waals surface area contributed by atoms with Crippen LogP contribution in [0.5, 0.6) is 0 Å². The first-order valence-corrected chi connectivity index (χ1v) is 11.3. The van der Waals surface area contributed by atoms with Crippen LogP contribution < -0.4 is 10.6 Å². The lowest BCUT2D eigenvalue weighted by Crippen LogP contribution is -2.15. The average Bonchev–Trinajstić information content (AvgIpc) is 2.91. The minimum absolute atomic E-state index is 0.0908. The second-order valence-electron chi connectivity index (χ2n) is 8.19. The van der Waals surface area contributed by atoms with Gasteiger partial charge in [0.25, 0.3) is 11.8 Å². The summed E-state index contributed by atoms with van der Waals surface area (Å²) in [6, 6.07) is 26.1. The molecule has 0 aromatic heterocycles. The molecule has 0 fully saturated rings. The monoisotopic (exact) mass is 494 g/mol. The topological polar surface area (TPSA) is 133 Å². The van der Waals surface area contributed by atoms with Crippen molar-refractivity contribution in [3.8, 4) is 0 Å². The van der Waals surface area contributed by atoms with Crippen molar-refractivity contribution in [2.45, 2.75) is 6.42 Å². The van der Waals surface area contributed by atoms with E-state index in [1.807, 2.05) is 0 Å². The fraction of sp³-hybridized carbons (Fsp3) is 0.0345. The third kappa shape index (κ3) is 6.07. The van der Waals surface area contributed by atoms with Gasteiger partial charge < -0.3 is 20.8 Å². The molecular weight excluding hydrogens is 472 g/mol. The number of carboxylic acid groups (broad SMARTS) is 2. The first kappa shape index (κ1) is 24.9. The molecule has 0 saturated heterocycles. The normalized spacial score (nSPS) is 10.4. The number of carbonyl (C=O) groups is 4. The molecule has 4 N–H and O–H groups in total. The predicted octanol–water partition coefficient (Wildman–Crippen LogP) is 5.18. The van der Waals surface area contributed by atoms with Crippen LogP contribution in [-0.4, -0.2) is 34.0 Å². The van der Waals surface area contributed by atoms with Gasteiger partial charge in [0.1, 0.15) is 0 Å². The van der Waals surface area contributed by atoms with Crippen LogP contribution in [-0.2, 0) is 6.42 Å². The van der Waals surface area contributed by atoms with Gasteiger partial charge >= 0.3 is 11.9 Å². The summed E-state index contributed by atoms with van der Waals surface area (Å²) in [6.45, 7) is 0. The van der Waals surface area contributed by atoms with Crippen LogP contribution in [0, 0.1) is 0 Å². The molecule has 0 heterocycles. The molecule has 4 aromatic carbocycles. The summed E-state index contributed by atoms with van der Waals surface area (Å²) in [5, 5.41) is 24.7. The lowest BCUT2D eigenvalue weighted by atomic mass is 9.99. The second-order valence-corrected chi connectivity index (χ2v) is 8.19. The van der Waals surface area contributed by atoms with Crippen LogP contribution in [0.1, 0.15) is 52.6 Å². The van der Waals surface area contributed by atoms with E-state index in [4.69, 9.17) is 0 Å². The summed E-state index contributed by atoms with van der Waals surface area (Å²) in [7, 11) is 0. The molecule has 0 bridgehead atoms. The van der Waals surface area contributed by atoms with Gasteiger partial charge in [-0.2, -0.15) is 0 Å². The Bertz CT molecular complexity index is 1370. The number of nitrogens with one attached hydrogen (secondary N) is 2. The molecule has 0 aliphatic rings. The zero-order chi connectivity index (χ0) is 26.4. The Morgan fingerprint density at radius 1 is 0.541 bits per heavy atom. The summed E-state index contributed by atoms with van der Waals surface area (Å²) in [4.78, 5) is 48.7. The van der Waals surface area contributed by atoms with Crippen molar-refractivity contribution in [3.63, 3.8) is 0 Å². The molecule has 0 aliphatic heterocycles. The number of aromatic carboxylic acids is 2. The Kier molecular flexibility index (Phi) is 7.40. The van der Waals surface area contributed by atoms with Gasteiger partial charge in [0.2, 0.25) is 0 Å². The Morgan fingerprint density at radius 3 is 1.27 bits per heavy atom. The number of hydrogen-bond donors (Lipinski definition) is 4. The van der Waals surface area contributed by atoms with Crippen molar-refractivity contribution >= 4 is 35.1 Å². The molecular formula is C29H22N2O6. The predicted molar refractivity (Wildman–Crippen MR) is 138 cm³/mol. The van der Waals surface area contributed by atoms with Gasteiger partial charge in [-0.15, -0.1) is 0 Å². The molecule has 8 nitrogen and oxygen atoms in total. The standard InChI is InChI=1S/C29H22N2O6/c32-26(20-7-3-1-4-8-20)30-24-13-11-18(16-22(24)28(34)35)15-19-12-14-25(23(17-19)29(36)37)31-27(33)21-9-5-2-6-10-21/h1-14,16-17H,15H2,(H,30,32)(H,31,33)(H,34,35)(H,36,37). The summed E-state index contributed by atoms with van der Waals surface area (Å²) >= 11 is 0. The Hall–Kier alpha value is -5.24. The molecule has 4 rings (SSSR count). The van der Waals surface area contributed by atoms with E-state index in [1.54, 1.807) is 72.8 Å². The van der Waals surface area contributed by atoms with E-state index in [2.05, 4.69) is 10.6 Å². The molecule has 0 atom stereocenters. The van der Waals surface area contributed by atoms with Gasteiger partial charge in [0, 0.05) is 11.1 Å². The maximum absolute atomic E-state index is 12.5. The highest BCUT2D eigenvalue weighted by Crippen LogP contribution is 2.24. The van der Waals surface area contributed by atoms with Crippen molar-refractivity contribution in [1.82, 2.24) is 0 Å². The number of carboxylic acids is 2. The number of carbonyl (C=O) groups excluding carboxylic acids is 2. The second kappa shape index (κ2) is 11.0. The number of amides is 2. The van der Waals surface area contributed by atoms with Crippen molar-refractivity contribution in [2.75, 3.05) is 10.6 Å². The Labute approximate surface area is 212 Å². The van der Waals surface area contributed by atoms with Crippen LogP contribution in [0.4, 0.5) is 11.4 Å². The highest BCUT2D eigenvalue weighted by Gasteiger charge is 2.17. The first-order valence-electron chi connectivity index (χ1n) is 11.3. The maximum atomic E-state index is 12.5. The number of rotatable bonds is 8. The van der Waals surface area contributed by atoms with Crippen molar-refractivity contribution in [1.29, 1.82) is 0 Å². The van der Waals surface area contributed by atoms with E-state index >= 15 is 0 Å². The lowest BCUT2D eigenvalue weighted by molar-refractivity contribution is 0.0687. The van der Waals surface area contributed by atoms with Crippen LogP contribution >= 0.6 is 0 Å². The molecule has 2 amide bonds. The number of benzene rings is 4. The Morgan fingerprint density at radius 2 is 0.919 bits per heavy atom. The quantitative estimate of drug-likeness (QED) is 0.267. The number of hydrogen-bond acceptors (Lipinski definition) is 4. The van der Waals surface area contributed by atoms with Gasteiger partial charge in [-0.1, -0.05) is 48.5 Å². The molecule has 8 heteroatoms. The minimum Gasteiger partial charge on any atom is -0.478 e. The van der Waals surface area contributed by atoms with Crippen LogP contribution in [0.15, 0.2) is 97.1 Å². The third-order valence-corrected chi connectivity index (χ3v) is 5.61. The molecule has 184 valence electrons. The van der Waals surface area contributed by atoms with Gasteiger partial charge in [-0.05, 0) is 66.1 Å². The smallest absolute Gasteiger partial charge is 0.337 e. The molecule has 0 radical (unpaired) electrons. The van der Waals surface area contributed by atoms with Gasteiger partial charge in [-0.3, -0.25) is 9.59 Å². The van der Waals surface area contributed by atoms with E-state index in [-0.39, 0.29) is 28.9 Å². The lowest BCUT2D eigenvalue weighted by Gasteiger charge is -2.13. The van der Waals surface area contributed by atoms with E-state index in [0.717, 1.165) is 0 Å². The molecule has 0 aliphatic carbocycles.